The van der Waals surface area contributed by atoms with Crippen molar-refractivity contribution in [1.82, 2.24) is 0 Å². The Morgan fingerprint density at radius 3 is 2.88 bits per heavy atom. The van der Waals surface area contributed by atoms with E-state index in [1.54, 1.807) is 30.5 Å². The molecule has 94 valence electrons. The van der Waals surface area contributed by atoms with Gasteiger partial charge in [0, 0.05) is 25.5 Å². The van der Waals surface area contributed by atoms with Crippen molar-refractivity contribution in [2.45, 2.75) is 25.6 Å². The Hall–Kier alpha value is -0.910. The fourth-order valence-electron chi connectivity index (χ4n) is 2.03. The molecule has 0 saturated heterocycles. The normalized spacial score (nSPS) is 16.2. The van der Waals surface area contributed by atoms with Crippen molar-refractivity contribution in [3.63, 3.8) is 0 Å². The largest absolute Gasteiger partial charge is 0.354 e. The zero-order valence-corrected chi connectivity index (χ0v) is 11.0. The molecule has 0 saturated carbocycles. The summed E-state index contributed by atoms with van der Waals surface area (Å²) in [7, 11) is 3.18. The third-order valence-electron chi connectivity index (χ3n) is 2.97. The molecule has 0 aromatic carbocycles. The topological polar surface area (TPSA) is 38.8 Å². The summed E-state index contributed by atoms with van der Waals surface area (Å²) >= 11 is 1.71. The van der Waals surface area contributed by atoms with E-state index in [2.05, 4.69) is 0 Å². The highest BCUT2D eigenvalue weighted by Crippen LogP contribution is 2.31. The highest BCUT2D eigenvalue weighted by molar-refractivity contribution is 7.10. The molecule has 0 N–H and O–H groups in total. The molecule has 0 atom stereocenters. The third kappa shape index (κ3) is 2.68. The van der Waals surface area contributed by atoms with E-state index in [-0.39, 0.29) is 12.2 Å². The number of methoxy groups -OCH3 is 2. The molecule has 0 radical (unpaired) electrons. The lowest BCUT2D eigenvalue weighted by Crippen LogP contribution is -2.38. The maximum Gasteiger partial charge on any atom is 0.227 e. The first-order valence-corrected chi connectivity index (χ1v) is 6.56. The van der Waals surface area contributed by atoms with Gasteiger partial charge in [-0.3, -0.25) is 4.79 Å². The lowest BCUT2D eigenvalue weighted by Gasteiger charge is -2.25. The van der Waals surface area contributed by atoms with Crippen LogP contribution in [0.2, 0.25) is 0 Å². The van der Waals surface area contributed by atoms with Crippen LogP contribution in [0.1, 0.15) is 17.7 Å². The van der Waals surface area contributed by atoms with Gasteiger partial charge in [0.05, 0.1) is 12.2 Å². The molecule has 4 nitrogen and oxygen atoms in total. The lowest BCUT2D eigenvalue weighted by atomic mass is 10.2. The Morgan fingerprint density at radius 1 is 1.41 bits per heavy atom. The molecule has 1 aliphatic rings. The van der Waals surface area contributed by atoms with Gasteiger partial charge < -0.3 is 14.4 Å². The predicted octanol–water partition coefficient (Wildman–Crippen LogP) is 2.04. The molecule has 2 heterocycles. The lowest BCUT2D eigenvalue weighted by molar-refractivity contribution is -0.123. The van der Waals surface area contributed by atoms with Crippen LogP contribution in [0.4, 0.5) is 5.69 Å². The molecule has 2 rings (SSSR count). The molecule has 0 aliphatic carbocycles. The Labute approximate surface area is 105 Å². The van der Waals surface area contributed by atoms with E-state index < -0.39 is 0 Å². The van der Waals surface area contributed by atoms with E-state index in [1.807, 2.05) is 11.4 Å². The van der Waals surface area contributed by atoms with E-state index in [0.29, 0.717) is 13.0 Å². The van der Waals surface area contributed by atoms with E-state index in [1.165, 1.54) is 4.88 Å². The minimum atomic E-state index is -0.371. The van der Waals surface area contributed by atoms with Crippen LogP contribution in [-0.4, -0.2) is 33.0 Å². The van der Waals surface area contributed by atoms with Crippen LogP contribution in [0.25, 0.3) is 0 Å². The number of fused-ring (bicyclic) bond motifs is 1. The van der Waals surface area contributed by atoms with Crippen LogP contribution in [-0.2, 0) is 20.7 Å². The Morgan fingerprint density at radius 2 is 2.18 bits per heavy atom. The summed E-state index contributed by atoms with van der Waals surface area (Å²) < 4.78 is 10.3. The number of nitrogens with zero attached hydrogens (tertiary/aromatic N) is 1. The van der Waals surface area contributed by atoms with E-state index in [9.17, 15) is 4.79 Å². The van der Waals surface area contributed by atoms with Crippen molar-refractivity contribution >= 4 is 22.9 Å². The van der Waals surface area contributed by atoms with Gasteiger partial charge in [-0.2, -0.15) is 0 Å². The second-order valence-electron chi connectivity index (χ2n) is 3.99. The summed E-state index contributed by atoms with van der Waals surface area (Å²) in [6.45, 7) is 0.454. The Bertz CT molecular complexity index is 387. The highest BCUT2D eigenvalue weighted by Gasteiger charge is 2.25. The van der Waals surface area contributed by atoms with Gasteiger partial charge in [0.25, 0.3) is 0 Å². The zero-order chi connectivity index (χ0) is 12.3. The van der Waals surface area contributed by atoms with Crippen LogP contribution in [0, 0.1) is 0 Å². The number of anilines is 1. The van der Waals surface area contributed by atoms with Crippen LogP contribution >= 0.6 is 11.3 Å². The van der Waals surface area contributed by atoms with E-state index in [4.69, 9.17) is 9.47 Å². The standard InChI is InChI=1S/C12H17NO3S/c1-15-12(16-2)8-13-9-6-7-17-10(9)4-3-5-11(13)14/h6-7,12H,3-5,8H2,1-2H3. The quantitative estimate of drug-likeness (QED) is 0.773. The second kappa shape index (κ2) is 5.62. The summed E-state index contributed by atoms with van der Waals surface area (Å²) in [4.78, 5) is 15.1. The van der Waals surface area contributed by atoms with Gasteiger partial charge in [-0.1, -0.05) is 0 Å². The molecule has 17 heavy (non-hydrogen) atoms. The van der Waals surface area contributed by atoms with Crippen LogP contribution < -0.4 is 4.90 Å². The molecular weight excluding hydrogens is 238 g/mol. The number of ether oxygens (including phenoxy) is 2. The molecule has 1 aliphatic heterocycles. The van der Waals surface area contributed by atoms with Crippen molar-refractivity contribution < 1.29 is 14.3 Å². The van der Waals surface area contributed by atoms with Gasteiger partial charge >= 0.3 is 0 Å². The molecule has 1 aromatic heterocycles. The van der Waals surface area contributed by atoms with Crippen molar-refractivity contribution in [3.05, 3.63) is 16.3 Å². The second-order valence-corrected chi connectivity index (χ2v) is 4.99. The number of hydrogen-bond donors (Lipinski definition) is 0. The minimum Gasteiger partial charge on any atom is -0.354 e. The first kappa shape index (κ1) is 12.5. The van der Waals surface area contributed by atoms with Crippen LogP contribution in [0.15, 0.2) is 11.4 Å². The van der Waals surface area contributed by atoms with Crippen molar-refractivity contribution in [1.29, 1.82) is 0 Å². The maximum absolute atomic E-state index is 12.1. The average Bonchev–Trinajstić information content (AvgIpc) is 2.73. The zero-order valence-electron chi connectivity index (χ0n) is 10.1. The van der Waals surface area contributed by atoms with Crippen molar-refractivity contribution in [2.75, 3.05) is 25.7 Å². The van der Waals surface area contributed by atoms with Gasteiger partial charge in [-0.25, -0.2) is 0 Å². The number of hydrogen-bond acceptors (Lipinski definition) is 4. The van der Waals surface area contributed by atoms with Crippen LogP contribution in [0.5, 0.6) is 0 Å². The summed E-state index contributed by atoms with van der Waals surface area (Å²) in [6.07, 6.45) is 2.14. The summed E-state index contributed by atoms with van der Waals surface area (Å²) in [5.74, 6) is 0.154. The van der Waals surface area contributed by atoms with Gasteiger partial charge in [0.1, 0.15) is 0 Å². The summed E-state index contributed by atoms with van der Waals surface area (Å²) in [6, 6.07) is 2.01. The molecule has 0 fully saturated rings. The minimum absolute atomic E-state index is 0.154. The number of thiophene rings is 1. The first-order chi connectivity index (χ1) is 8.26. The monoisotopic (exact) mass is 255 g/mol. The van der Waals surface area contributed by atoms with Gasteiger partial charge in [0.2, 0.25) is 5.91 Å². The van der Waals surface area contributed by atoms with Gasteiger partial charge in [-0.15, -0.1) is 11.3 Å². The van der Waals surface area contributed by atoms with Crippen LogP contribution in [0.3, 0.4) is 0 Å². The van der Waals surface area contributed by atoms with E-state index in [0.717, 1.165) is 18.5 Å². The van der Waals surface area contributed by atoms with E-state index >= 15 is 0 Å². The molecule has 1 aromatic rings. The fourth-order valence-corrected chi connectivity index (χ4v) is 2.95. The SMILES string of the molecule is COC(CN1C(=O)CCCc2sccc21)OC. The number of aryl methyl sites for hydroxylation is 1. The van der Waals surface area contributed by atoms with Crippen molar-refractivity contribution in [3.8, 4) is 0 Å². The first-order valence-electron chi connectivity index (χ1n) is 5.68. The molecule has 0 unspecified atom stereocenters. The van der Waals surface area contributed by atoms with Crippen molar-refractivity contribution in [2.24, 2.45) is 0 Å². The molecule has 1 amide bonds. The molecule has 0 spiro atoms. The predicted molar refractivity (Wildman–Crippen MR) is 67.4 cm³/mol. The Balaban J connectivity index is 2.21. The smallest absolute Gasteiger partial charge is 0.227 e. The number of carbonyl (C=O) groups is 1. The Kier molecular flexibility index (Phi) is 4.15. The summed E-state index contributed by atoms with van der Waals surface area (Å²) in [5.41, 5.74) is 1.02. The fraction of sp³-hybridized carbons (Fsp3) is 0.583. The third-order valence-corrected chi connectivity index (χ3v) is 3.94. The molecule has 0 bridgehead atoms. The van der Waals surface area contributed by atoms with Gasteiger partial charge in [-0.05, 0) is 24.3 Å². The number of amides is 1. The average molecular weight is 255 g/mol. The highest BCUT2D eigenvalue weighted by atomic mass is 32.1. The molecule has 5 heteroatoms. The maximum atomic E-state index is 12.1. The summed E-state index contributed by atoms with van der Waals surface area (Å²) in [5, 5.41) is 2.03. The number of rotatable bonds is 4. The molecular formula is C12H17NO3S. The number of carbonyl (C=O) groups excluding carboxylic acids is 1. The van der Waals surface area contributed by atoms with Gasteiger partial charge in [0.15, 0.2) is 6.29 Å².